The number of ether oxygens (including phenoxy) is 1. The van der Waals surface area contributed by atoms with Gasteiger partial charge in [0, 0.05) is 11.6 Å². The van der Waals surface area contributed by atoms with Crippen molar-refractivity contribution in [3.8, 4) is 5.88 Å². The second-order valence-corrected chi connectivity index (χ2v) is 12.7. The van der Waals surface area contributed by atoms with Crippen molar-refractivity contribution >= 4 is 29.9 Å². The van der Waals surface area contributed by atoms with E-state index in [1.807, 2.05) is 24.3 Å². The molecule has 2 bridgehead atoms. The Morgan fingerprint density at radius 1 is 1.15 bits per heavy atom. The highest BCUT2D eigenvalue weighted by Gasteiger charge is 2.68. The van der Waals surface area contributed by atoms with Gasteiger partial charge in [0.25, 0.3) is 0 Å². The highest BCUT2D eigenvalue weighted by Crippen LogP contribution is 2.65. The number of nitrogens with zero attached hydrogens (tertiary/aromatic N) is 1. The maximum Gasteiger partial charge on any atom is 0.481 e. The maximum atomic E-state index is 13.4. The van der Waals surface area contributed by atoms with Gasteiger partial charge in [0.05, 0.1) is 23.8 Å². The molecule has 6 rings (SSSR count). The Hall–Kier alpha value is -2.69. The molecule has 3 N–H and O–H groups in total. The van der Waals surface area contributed by atoms with Crippen LogP contribution in [0, 0.1) is 23.2 Å². The van der Waals surface area contributed by atoms with E-state index in [0.717, 1.165) is 18.2 Å². The Bertz CT molecular complexity index is 1230. The van der Waals surface area contributed by atoms with Crippen LogP contribution in [0.4, 0.5) is 4.79 Å². The van der Waals surface area contributed by atoms with Crippen molar-refractivity contribution < 1.29 is 28.7 Å². The predicted octanol–water partition coefficient (Wildman–Crippen LogP) is 3.87. The Balaban J connectivity index is 1.27. The molecule has 1 aliphatic heterocycles. The van der Waals surface area contributed by atoms with E-state index in [-0.39, 0.29) is 23.3 Å². The number of hydrogen-bond donors (Lipinski definition) is 3. The fraction of sp³-hybridized carbons (Fsp3) is 0.621. The van der Waals surface area contributed by atoms with Crippen molar-refractivity contribution in [2.45, 2.75) is 90.6 Å². The molecule has 0 radical (unpaired) electrons. The summed E-state index contributed by atoms with van der Waals surface area (Å²) in [4.78, 5) is 30.4. The van der Waals surface area contributed by atoms with Crippen molar-refractivity contribution in [3.05, 3.63) is 36.5 Å². The maximum absolute atomic E-state index is 13.4. The van der Waals surface area contributed by atoms with E-state index in [1.54, 1.807) is 12.3 Å². The minimum absolute atomic E-state index is 0.0142. The molecule has 4 aliphatic rings. The lowest BCUT2D eigenvalue weighted by atomic mass is 9.43. The molecule has 1 saturated heterocycles. The molecule has 3 aliphatic carbocycles. The van der Waals surface area contributed by atoms with E-state index >= 15 is 0 Å². The normalized spacial score (nSPS) is 29.2. The highest BCUT2D eigenvalue weighted by atomic mass is 16.7. The van der Waals surface area contributed by atoms with Gasteiger partial charge in [-0.15, -0.1) is 0 Å². The smallest absolute Gasteiger partial charge is 0.404 e. The number of aliphatic hydroxyl groups is 1. The lowest BCUT2D eigenvalue weighted by Gasteiger charge is -2.64. The molecule has 0 spiro atoms. The second kappa shape index (κ2) is 10.4. The SMILES string of the molecule is CC(C)C[C@H](NC(=O)[C@@H](NC(=O)Oc1nccc2ccccc12)[C@@H](C)O)B1O[C@@H]2C[C@@H]3C[C@@H](C3(C)C)[C@]2(C)O1. The summed E-state index contributed by atoms with van der Waals surface area (Å²) in [6.07, 6.45) is 2.19. The first-order chi connectivity index (χ1) is 18.4. The van der Waals surface area contributed by atoms with Crippen molar-refractivity contribution in [1.82, 2.24) is 15.6 Å². The van der Waals surface area contributed by atoms with Crippen LogP contribution in [0.15, 0.2) is 36.5 Å². The number of amides is 2. The van der Waals surface area contributed by atoms with E-state index in [4.69, 9.17) is 14.0 Å². The standard InChI is InChI=1S/C29H40BN3O6/c1-16(2)13-23(30-38-22-15-19-14-21(28(19,4)5)29(22,6)39-30)32-25(35)24(17(3)34)33-27(36)37-26-20-10-8-7-9-18(20)11-12-31-26/h7-12,16-17,19,21-24,34H,13-15H2,1-6H3,(H,32,35)(H,33,36)/t17-,19+,21+,22-,23+,24+,29+/m1/s1. The zero-order chi connectivity index (χ0) is 28.1. The van der Waals surface area contributed by atoms with Crippen LogP contribution in [0.1, 0.15) is 60.8 Å². The summed E-state index contributed by atoms with van der Waals surface area (Å²) in [5, 5.41) is 17.5. The van der Waals surface area contributed by atoms with Gasteiger partial charge in [-0.25, -0.2) is 9.78 Å². The number of carbonyl (C=O) groups is 2. The predicted molar refractivity (Wildman–Crippen MR) is 148 cm³/mol. The molecular weight excluding hydrogens is 497 g/mol. The van der Waals surface area contributed by atoms with Crippen LogP contribution >= 0.6 is 0 Å². The molecule has 10 heteroatoms. The monoisotopic (exact) mass is 537 g/mol. The Labute approximate surface area is 230 Å². The van der Waals surface area contributed by atoms with Crippen LogP contribution in [-0.2, 0) is 14.1 Å². The van der Waals surface area contributed by atoms with Crippen molar-refractivity contribution in [2.24, 2.45) is 23.2 Å². The van der Waals surface area contributed by atoms with E-state index in [9.17, 15) is 14.7 Å². The van der Waals surface area contributed by atoms with Crippen LogP contribution in [-0.4, -0.2) is 59.0 Å². The molecule has 9 nitrogen and oxygen atoms in total. The van der Waals surface area contributed by atoms with Gasteiger partial charge in [-0.05, 0) is 73.8 Å². The van der Waals surface area contributed by atoms with Gasteiger partial charge in [-0.3, -0.25) is 4.79 Å². The van der Waals surface area contributed by atoms with E-state index in [0.29, 0.717) is 23.6 Å². The number of aliphatic hydroxyl groups excluding tert-OH is 1. The first-order valence-corrected chi connectivity index (χ1v) is 14.0. The Morgan fingerprint density at radius 3 is 2.59 bits per heavy atom. The van der Waals surface area contributed by atoms with Gasteiger partial charge in [0.2, 0.25) is 11.8 Å². The molecule has 1 aromatic heterocycles. The lowest BCUT2D eigenvalue weighted by Crippen LogP contribution is -2.65. The summed E-state index contributed by atoms with van der Waals surface area (Å²) in [6.45, 7) is 12.4. The van der Waals surface area contributed by atoms with Crippen LogP contribution in [0.2, 0.25) is 0 Å². The van der Waals surface area contributed by atoms with E-state index in [2.05, 4.69) is 50.2 Å². The van der Waals surface area contributed by atoms with Gasteiger partial charge < -0.3 is 29.8 Å². The molecular formula is C29H40BN3O6. The third-order valence-corrected chi connectivity index (χ3v) is 9.22. The topological polar surface area (TPSA) is 119 Å². The summed E-state index contributed by atoms with van der Waals surface area (Å²) in [5.74, 6) is 0.418. The van der Waals surface area contributed by atoms with Gasteiger partial charge >= 0.3 is 13.2 Å². The van der Waals surface area contributed by atoms with Gasteiger partial charge in [-0.1, -0.05) is 45.9 Å². The minimum atomic E-state index is -1.24. The van der Waals surface area contributed by atoms with Gasteiger partial charge in [0.1, 0.15) is 6.04 Å². The fourth-order valence-electron chi connectivity index (χ4n) is 6.91. The first-order valence-electron chi connectivity index (χ1n) is 14.0. The van der Waals surface area contributed by atoms with E-state index in [1.165, 1.54) is 6.92 Å². The number of fused-ring (bicyclic) bond motifs is 1. The number of rotatable bonds is 8. The van der Waals surface area contributed by atoms with Crippen LogP contribution in [0.3, 0.4) is 0 Å². The minimum Gasteiger partial charge on any atom is -0.404 e. The van der Waals surface area contributed by atoms with Crippen LogP contribution < -0.4 is 15.4 Å². The Kier molecular flexibility index (Phi) is 7.41. The summed E-state index contributed by atoms with van der Waals surface area (Å²) in [7, 11) is -0.608. The average Bonchev–Trinajstić information content (AvgIpc) is 3.23. The summed E-state index contributed by atoms with van der Waals surface area (Å²) in [5.41, 5.74) is -0.193. The largest absolute Gasteiger partial charge is 0.481 e. The number of pyridine rings is 1. The fourth-order valence-corrected chi connectivity index (χ4v) is 6.91. The number of aromatic nitrogens is 1. The molecule has 2 amide bonds. The Morgan fingerprint density at radius 2 is 1.90 bits per heavy atom. The van der Waals surface area contributed by atoms with Crippen molar-refractivity contribution in [1.29, 1.82) is 0 Å². The molecule has 7 atom stereocenters. The quantitative estimate of drug-likeness (QED) is 0.438. The molecule has 3 saturated carbocycles. The van der Waals surface area contributed by atoms with Crippen molar-refractivity contribution in [2.75, 3.05) is 0 Å². The third kappa shape index (κ3) is 5.14. The number of hydrogen-bond acceptors (Lipinski definition) is 7. The molecule has 1 aromatic carbocycles. The molecule has 2 aromatic rings. The van der Waals surface area contributed by atoms with Crippen LogP contribution in [0.5, 0.6) is 5.88 Å². The van der Waals surface area contributed by atoms with E-state index < -0.39 is 42.8 Å². The number of carbonyl (C=O) groups excluding carboxylic acids is 2. The number of benzene rings is 1. The third-order valence-electron chi connectivity index (χ3n) is 9.22. The molecule has 2 heterocycles. The van der Waals surface area contributed by atoms with Crippen molar-refractivity contribution in [3.63, 3.8) is 0 Å². The first kappa shape index (κ1) is 27.9. The zero-order valence-corrected chi connectivity index (χ0v) is 23.6. The average molecular weight is 537 g/mol. The van der Waals surface area contributed by atoms with Gasteiger partial charge in [-0.2, -0.15) is 0 Å². The molecule has 4 fully saturated rings. The summed E-state index contributed by atoms with van der Waals surface area (Å²) >= 11 is 0. The number of nitrogens with one attached hydrogen (secondary N) is 2. The molecule has 0 unspecified atom stereocenters. The zero-order valence-electron chi connectivity index (χ0n) is 23.6. The second-order valence-electron chi connectivity index (χ2n) is 12.7. The van der Waals surface area contributed by atoms with Gasteiger partial charge in [0.15, 0.2) is 0 Å². The lowest BCUT2D eigenvalue weighted by molar-refractivity contribution is -0.199. The highest BCUT2D eigenvalue weighted by molar-refractivity contribution is 6.48. The molecule has 210 valence electrons. The molecule has 39 heavy (non-hydrogen) atoms. The summed E-state index contributed by atoms with van der Waals surface area (Å²) in [6, 6.07) is 7.96. The summed E-state index contributed by atoms with van der Waals surface area (Å²) < 4.78 is 18.5. The van der Waals surface area contributed by atoms with Crippen LogP contribution in [0.25, 0.3) is 10.8 Å².